The first-order valence-electron chi connectivity index (χ1n) is 7.21. The fraction of sp³-hybridized carbons (Fsp3) is 0.562. The number of fused-ring (bicyclic) bond motifs is 1. The average Bonchev–Trinajstić information content (AvgIpc) is 2.88. The van der Waals surface area contributed by atoms with E-state index < -0.39 is 0 Å². The largest absolute Gasteiger partial charge is 0.493 e. The van der Waals surface area contributed by atoms with Crippen LogP contribution in [0.3, 0.4) is 0 Å². The topological polar surface area (TPSA) is 26.3 Å². The predicted molar refractivity (Wildman–Crippen MR) is 78.6 cm³/mol. The third-order valence-corrected chi connectivity index (χ3v) is 4.71. The van der Waals surface area contributed by atoms with Crippen LogP contribution in [-0.4, -0.2) is 12.4 Å². The Labute approximate surface area is 122 Å². The van der Waals surface area contributed by atoms with Crippen LogP contribution in [0.2, 0.25) is 0 Å². The molecule has 3 rings (SSSR count). The molecule has 0 saturated heterocycles. The van der Waals surface area contributed by atoms with Crippen LogP contribution in [0.25, 0.3) is 0 Å². The lowest BCUT2D eigenvalue weighted by atomic mass is 9.84. The fourth-order valence-electron chi connectivity index (χ4n) is 3.23. The first-order chi connectivity index (χ1) is 9.24. The van der Waals surface area contributed by atoms with E-state index in [0.717, 1.165) is 41.7 Å². The Balaban J connectivity index is 1.77. The SMILES string of the molecule is O=C(Cc1cc(Br)cc2c1OCC2)C1CCCCC1. The molecule has 0 radical (unpaired) electrons. The van der Waals surface area contributed by atoms with Gasteiger partial charge in [0.2, 0.25) is 0 Å². The van der Waals surface area contributed by atoms with Gasteiger partial charge in [0.25, 0.3) is 0 Å². The summed E-state index contributed by atoms with van der Waals surface area (Å²) in [6, 6.07) is 4.15. The van der Waals surface area contributed by atoms with Crippen molar-refractivity contribution in [3.63, 3.8) is 0 Å². The molecule has 1 saturated carbocycles. The van der Waals surface area contributed by atoms with Crippen LogP contribution in [-0.2, 0) is 17.6 Å². The van der Waals surface area contributed by atoms with Gasteiger partial charge in [0, 0.05) is 28.8 Å². The standard InChI is InChI=1S/C16H19BrO2/c17-14-8-12-6-7-19-16(12)13(9-14)10-15(18)11-4-2-1-3-5-11/h8-9,11H,1-7,10H2. The van der Waals surface area contributed by atoms with Crippen molar-refractivity contribution in [1.82, 2.24) is 0 Å². The Bertz CT molecular complexity index is 490. The summed E-state index contributed by atoms with van der Waals surface area (Å²) in [5.74, 6) is 1.65. The Morgan fingerprint density at radius 1 is 1.26 bits per heavy atom. The molecule has 1 fully saturated rings. The van der Waals surface area contributed by atoms with Gasteiger partial charge in [0.15, 0.2) is 0 Å². The molecule has 3 heteroatoms. The van der Waals surface area contributed by atoms with Crippen LogP contribution < -0.4 is 4.74 Å². The van der Waals surface area contributed by atoms with Gasteiger partial charge in [-0.1, -0.05) is 35.2 Å². The smallest absolute Gasteiger partial charge is 0.140 e. The molecule has 0 unspecified atom stereocenters. The molecule has 1 aliphatic heterocycles. The van der Waals surface area contributed by atoms with Gasteiger partial charge in [0.1, 0.15) is 11.5 Å². The van der Waals surface area contributed by atoms with Crippen molar-refractivity contribution in [3.8, 4) is 5.75 Å². The Kier molecular flexibility index (Phi) is 3.92. The van der Waals surface area contributed by atoms with E-state index in [1.165, 1.54) is 24.8 Å². The summed E-state index contributed by atoms with van der Waals surface area (Å²) in [7, 11) is 0. The quantitative estimate of drug-likeness (QED) is 0.838. The molecule has 2 aliphatic rings. The molecule has 1 heterocycles. The van der Waals surface area contributed by atoms with Crippen LogP contribution in [0.1, 0.15) is 43.2 Å². The summed E-state index contributed by atoms with van der Waals surface area (Å²) in [6.07, 6.45) is 7.36. The van der Waals surface area contributed by atoms with E-state index in [4.69, 9.17) is 4.74 Å². The van der Waals surface area contributed by atoms with E-state index in [1.54, 1.807) is 0 Å². The number of hydrogen-bond donors (Lipinski definition) is 0. The molecule has 0 spiro atoms. The van der Waals surface area contributed by atoms with E-state index in [2.05, 4.69) is 22.0 Å². The zero-order chi connectivity index (χ0) is 13.2. The third-order valence-electron chi connectivity index (χ3n) is 4.25. The summed E-state index contributed by atoms with van der Waals surface area (Å²) >= 11 is 3.53. The van der Waals surface area contributed by atoms with Crippen molar-refractivity contribution < 1.29 is 9.53 Å². The van der Waals surface area contributed by atoms with Gasteiger partial charge in [-0.25, -0.2) is 0 Å². The molecule has 0 aromatic heterocycles. The second-order valence-corrected chi connectivity index (χ2v) is 6.55. The van der Waals surface area contributed by atoms with Gasteiger partial charge in [0.05, 0.1) is 6.61 Å². The number of halogens is 1. The van der Waals surface area contributed by atoms with Gasteiger partial charge in [-0.2, -0.15) is 0 Å². The normalized spacial score (nSPS) is 19.0. The van der Waals surface area contributed by atoms with Gasteiger partial charge in [-0.3, -0.25) is 4.79 Å². The lowest BCUT2D eigenvalue weighted by Crippen LogP contribution is -2.19. The second-order valence-electron chi connectivity index (χ2n) is 5.63. The number of rotatable bonds is 3. The van der Waals surface area contributed by atoms with E-state index in [-0.39, 0.29) is 5.92 Å². The molecular weight excluding hydrogens is 304 g/mol. The highest BCUT2D eigenvalue weighted by atomic mass is 79.9. The number of ketones is 1. The minimum absolute atomic E-state index is 0.282. The second kappa shape index (κ2) is 5.66. The van der Waals surface area contributed by atoms with Crippen molar-refractivity contribution in [2.45, 2.75) is 44.9 Å². The molecule has 1 aromatic carbocycles. The Morgan fingerprint density at radius 2 is 2.05 bits per heavy atom. The fourth-order valence-corrected chi connectivity index (χ4v) is 3.79. The first-order valence-corrected chi connectivity index (χ1v) is 8.00. The van der Waals surface area contributed by atoms with Crippen molar-refractivity contribution in [2.24, 2.45) is 5.92 Å². The van der Waals surface area contributed by atoms with Crippen LogP contribution in [0, 0.1) is 5.92 Å². The maximum atomic E-state index is 12.4. The minimum Gasteiger partial charge on any atom is -0.493 e. The number of ether oxygens (including phenoxy) is 1. The molecule has 2 nitrogen and oxygen atoms in total. The number of carbonyl (C=O) groups excluding carboxylic acids is 1. The molecule has 0 N–H and O–H groups in total. The van der Waals surface area contributed by atoms with Crippen molar-refractivity contribution in [2.75, 3.05) is 6.61 Å². The van der Waals surface area contributed by atoms with Crippen molar-refractivity contribution >= 4 is 21.7 Å². The van der Waals surface area contributed by atoms with Crippen LogP contribution in [0.4, 0.5) is 0 Å². The van der Waals surface area contributed by atoms with Crippen LogP contribution >= 0.6 is 15.9 Å². The molecular formula is C16H19BrO2. The zero-order valence-electron chi connectivity index (χ0n) is 11.1. The first kappa shape index (κ1) is 13.2. The molecule has 19 heavy (non-hydrogen) atoms. The molecule has 0 bridgehead atoms. The highest BCUT2D eigenvalue weighted by Crippen LogP contribution is 2.34. The summed E-state index contributed by atoms with van der Waals surface area (Å²) in [5.41, 5.74) is 2.30. The van der Waals surface area contributed by atoms with Gasteiger partial charge < -0.3 is 4.74 Å². The lowest BCUT2D eigenvalue weighted by molar-refractivity contribution is -0.123. The molecule has 1 aromatic rings. The zero-order valence-corrected chi connectivity index (χ0v) is 12.7. The summed E-state index contributed by atoms with van der Waals surface area (Å²) < 4.78 is 6.76. The monoisotopic (exact) mass is 322 g/mol. The van der Waals surface area contributed by atoms with Gasteiger partial charge in [-0.15, -0.1) is 0 Å². The number of hydrogen-bond acceptors (Lipinski definition) is 2. The Hall–Kier alpha value is -0.830. The maximum absolute atomic E-state index is 12.4. The van der Waals surface area contributed by atoms with E-state index >= 15 is 0 Å². The number of carbonyl (C=O) groups is 1. The molecule has 102 valence electrons. The molecule has 0 amide bonds. The van der Waals surface area contributed by atoms with E-state index in [0.29, 0.717) is 12.2 Å². The van der Waals surface area contributed by atoms with Crippen molar-refractivity contribution in [3.05, 3.63) is 27.7 Å². The number of Topliss-reactive ketones (excluding diaryl/α,β-unsaturated/α-hetero) is 1. The minimum atomic E-state index is 0.282. The highest BCUT2D eigenvalue weighted by molar-refractivity contribution is 9.10. The van der Waals surface area contributed by atoms with Crippen molar-refractivity contribution in [1.29, 1.82) is 0 Å². The van der Waals surface area contributed by atoms with Crippen LogP contribution in [0.15, 0.2) is 16.6 Å². The third kappa shape index (κ3) is 2.86. The summed E-state index contributed by atoms with van der Waals surface area (Å²) in [5, 5.41) is 0. The maximum Gasteiger partial charge on any atom is 0.140 e. The van der Waals surface area contributed by atoms with Gasteiger partial charge >= 0.3 is 0 Å². The summed E-state index contributed by atoms with van der Waals surface area (Å²) in [4.78, 5) is 12.4. The highest BCUT2D eigenvalue weighted by Gasteiger charge is 2.24. The molecule has 0 atom stereocenters. The number of benzene rings is 1. The molecule has 1 aliphatic carbocycles. The van der Waals surface area contributed by atoms with E-state index in [9.17, 15) is 4.79 Å². The van der Waals surface area contributed by atoms with E-state index in [1.807, 2.05) is 6.07 Å². The lowest BCUT2D eigenvalue weighted by Gasteiger charge is -2.20. The Morgan fingerprint density at radius 3 is 2.84 bits per heavy atom. The van der Waals surface area contributed by atoms with Gasteiger partial charge in [-0.05, 0) is 30.5 Å². The average molecular weight is 323 g/mol. The van der Waals surface area contributed by atoms with Crippen LogP contribution in [0.5, 0.6) is 5.75 Å². The summed E-state index contributed by atoms with van der Waals surface area (Å²) in [6.45, 7) is 0.746. The predicted octanol–water partition coefficient (Wildman–Crippen LogP) is 4.08.